The minimum absolute atomic E-state index is 0.224. The van der Waals surface area contributed by atoms with Crippen LogP contribution in [0.1, 0.15) is 51.6 Å². The Morgan fingerprint density at radius 1 is 1.21 bits per heavy atom. The van der Waals surface area contributed by atoms with E-state index in [0.717, 1.165) is 37.1 Å². The third-order valence-corrected chi connectivity index (χ3v) is 5.55. The highest BCUT2D eigenvalue weighted by Crippen LogP contribution is 2.42. The van der Waals surface area contributed by atoms with Gasteiger partial charge in [-0.25, -0.2) is 15.4 Å². The molecule has 1 atom stereocenters. The van der Waals surface area contributed by atoms with Crippen molar-refractivity contribution in [2.75, 3.05) is 12.5 Å². The minimum Gasteiger partial charge on any atom is -0.497 e. The van der Waals surface area contributed by atoms with E-state index in [-0.39, 0.29) is 11.7 Å². The van der Waals surface area contributed by atoms with Gasteiger partial charge in [0.2, 0.25) is 0 Å². The first kappa shape index (κ1) is 24.3. The van der Waals surface area contributed by atoms with Gasteiger partial charge in [0.05, 0.1) is 36.3 Å². The summed E-state index contributed by atoms with van der Waals surface area (Å²) in [5, 5.41) is 10.7. The molecule has 0 radical (unpaired) electrons. The molecule has 0 bridgehead atoms. The molecule has 1 saturated carbocycles. The summed E-state index contributed by atoms with van der Waals surface area (Å²) in [4.78, 5) is 8.68. The lowest BCUT2D eigenvalue weighted by Crippen LogP contribution is -2.42. The molecule has 1 aliphatic rings. The van der Waals surface area contributed by atoms with E-state index in [4.69, 9.17) is 4.74 Å². The maximum absolute atomic E-state index is 12.7. The summed E-state index contributed by atoms with van der Waals surface area (Å²) < 4.78 is 45.4. The third-order valence-electron chi connectivity index (χ3n) is 5.55. The molecule has 10 heteroatoms. The Morgan fingerprint density at radius 2 is 1.88 bits per heavy atom. The van der Waals surface area contributed by atoms with Gasteiger partial charge in [-0.3, -0.25) is 0 Å². The second-order valence-electron chi connectivity index (χ2n) is 7.50. The van der Waals surface area contributed by atoms with Gasteiger partial charge >= 0.3 is 6.18 Å². The molecule has 2 heterocycles. The summed E-state index contributed by atoms with van der Waals surface area (Å²) in [6.45, 7) is 5.01. The van der Waals surface area contributed by atoms with E-state index < -0.39 is 12.2 Å². The molecule has 0 aliphatic heterocycles. The number of methoxy groups -OCH3 is 1. The number of anilines is 1. The predicted molar refractivity (Wildman–Crippen MR) is 121 cm³/mol. The molecule has 0 spiro atoms. The van der Waals surface area contributed by atoms with Crippen LogP contribution >= 0.6 is 0 Å². The van der Waals surface area contributed by atoms with Gasteiger partial charge in [0.15, 0.2) is 5.82 Å². The van der Waals surface area contributed by atoms with Gasteiger partial charge in [-0.15, -0.1) is 0 Å². The number of nitriles is 1. The van der Waals surface area contributed by atoms with Gasteiger partial charge in [0.25, 0.3) is 0 Å². The molecule has 4 rings (SSSR count). The van der Waals surface area contributed by atoms with E-state index in [1.807, 2.05) is 26.0 Å². The largest absolute Gasteiger partial charge is 0.497 e. The number of benzene rings is 1. The molecule has 0 saturated heterocycles. The van der Waals surface area contributed by atoms with Crippen LogP contribution in [0.3, 0.4) is 0 Å². The summed E-state index contributed by atoms with van der Waals surface area (Å²) in [5.74, 6) is 1.03. The summed E-state index contributed by atoms with van der Waals surface area (Å²) in [6.07, 6.45) is 1.48. The monoisotopic (exact) mass is 460 g/mol. The number of halogens is 3. The Kier molecular flexibility index (Phi) is 7.43. The molecule has 1 fully saturated rings. The first-order valence-corrected chi connectivity index (χ1v) is 10.9. The van der Waals surface area contributed by atoms with E-state index >= 15 is 0 Å². The van der Waals surface area contributed by atoms with Crippen LogP contribution in [0.4, 0.5) is 18.9 Å². The summed E-state index contributed by atoms with van der Waals surface area (Å²) in [5.41, 5.74) is 6.89. The molecule has 3 aromatic rings. The lowest BCUT2D eigenvalue weighted by Gasteiger charge is -2.29. The predicted octanol–water partition coefficient (Wildman–Crippen LogP) is 5.60. The minimum atomic E-state index is -4.37. The number of rotatable bonds is 6. The van der Waals surface area contributed by atoms with Crippen LogP contribution in [-0.4, -0.2) is 33.9 Å². The van der Waals surface area contributed by atoms with E-state index in [1.54, 1.807) is 13.2 Å². The molecule has 176 valence electrons. The molecule has 33 heavy (non-hydrogen) atoms. The SMILES string of the molecule is CC.COc1ccc2c(C#N)c(-c3ncc(NN[C@@H](C)C(F)(F)F)cn3)n(C3CCC3)c2c1. The average molecular weight is 461 g/mol. The van der Waals surface area contributed by atoms with Gasteiger partial charge in [-0.05, 0) is 38.3 Å². The zero-order valence-electron chi connectivity index (χ0n) is 19.0. The summed E-state index contributed by atoms with van der Waals surface area (Å²) >= 11 is 0. The highest BCUT2D eigenvalue weighted by atomic mass is 19.4. The lowest BCUT2D eigenvalue weighted by atomic mass is 9.92. The molecule has 7 nitrogen and oxygen atoms in total. The molecule has 2 N–H and O–H groups in total. The van der Waals surface area contributed by atoms with Gasteiger partial charge in [0, 0.05) is 17.5 Å². The van der Waals surface area contributed by atoms with Crippen molar-refractivity contribution >= 4 is 16.6 Å². The molecule has 1 aliphatic carbocycles. The number of nitrogens with one attached hydrogen (secondary N) is 2. The number of nitrogens with zero attached hydrogens (tertiary/aromatic N) is 4. The van der Waals surface area contributed by atoms with Crippen molar-refractivity contribution in [1.82, 2.24) is 20.0 Å². The van der Waals surface area contributed by atoms with Crippen molar-refractivity contribution < 1.29 is 17.9 Å². The van der Waals surface area contributed by atoms with Crippen LogP contribution in [0.15, 0.2) is 30.6 Å². The smallest absolute Gasteiger partial charge is 0.405 e. The Morgan fingerprint density at radius 3 is 2.39 bits per heavy atom. The second-order valence-corrected chi connectivity index (χ2v) is 7.50. The number of alkyl halides is 3. The number of hydrazine groups is 1. The third kappa shape index (κ3) is 4.88. The first-order chi connectivity index (χ1) is 15.8. The van der Waals surface area contributed by atoms with Gasteiger partial charge in [0.1, 0.15) is 23.6 Å². The van der Waals surface area contributed by atoms with Crippen LogP contribution in [0.2, 0.25) is 0 Å². The number of fused-ring (bicyclic) bond motifs is 1. The zero-order chi connectivity index (χ0) is 24.2. The van der Waals surface area contributed by atoms with Gasteiger partial charge < -0.3 is 14.7 Å². The van der Waals surface area contributed by atoms with Crippen LogP contribution in [0.5, 0.6) is 5.75 Å². The Hall–Kier alpha value is -3.32. The lowest BCUT2D eigenvalue weighted by molar-refractivity contribution is -0.150. The van der Waals surface area contributed by atoms with Crippen LogP contribution in [0.25, 0.3) is 22.4 Å². The average Bonchev–Trinajstić information content (AvgIpc) is 3.10. The standard InChI is InChI=1S/C21H21F3N6O.C2H6/c1-12(21(22,23)24)28-29-13-10-26-20(27-11-13)19-17(9-25)16-7-6-15(31-2)8-18(16)30(19)14-4-3-5-14;1-2/h6-8,10-12,14,28-29H,3-5H2,1-2H3;1-2H3/t12-;/m0./s1. The number of ether oxygens (including phenoxy) is 1. The molecule has 0 amide bonds. The van der Waals surface area contributed by atoms with Crippen LogP contribution in [-0.2, 0) is 0 Å². The molecule has 1 aromatic carbocycles. The Balaban J connectivity index is 0.00000149. The number of aromatic nitrogens is 3. The molecule has 2 aromatic heterocycles. The summed E-state index contributed by atoms with van der Waals surface area (Å²) in [7, 11) is 1.59. The maximum Gasteiger partial charge on any atom is 0.405 e. The fraction of sp³-hybridized carbons (Fsp3) is 0.435. The highest BCUT2D eigenvalue weighted by molar-refractivity contribution is 5.94. The van der Waals surface area contributed by atoms with E-state index in [9.17, 15) is 18.4 Å². The van der Waals surface area contributed by atoms with Gasteiger partial charge in [-0.1, -0.05) is 13.8 Å². The van der Waals surface area contributed by atoms with E-state index in [1.165, 1.54) is 12.4 Å². The maximum atomic E-state index is 12.7. The summed E-state index contributed by atoms with van der Waals surface area (Å²) in [6, 6.07) is 6.31. The first-order valence-electron chi connectivity index (χ1n) is 10.9. The normalized spacial score (nSPS) is 14.6. The molecular formula is C23H27F3N6O. The highest BCUT2D eigenvalue weighted by Gasteiger charge is 2.36. The van der Waals surface area contributed by atoms with Crippen molar-refractivity contribution in [2.24, 2.45) is 0 Å². The second kappa shape index (κ2) is 10.1. The molecule has 0 unspecified atom stereocenters. The van der Waals surface area contributed by atoms with Crippen molar-refractivity contribution in [3.8, 4) is 23.3 Å². The van der Waals surface area contributed by atoms with E-state index in [2.05, 4.69) is 31.5 Å². The quantitative estimate of drug-likeness (QED) is 0.466. The van der Waals surface area contributed by atoms with Crippen molar-refractivity contribution in [2.45, 2.75) is 58.3 Å². The van der Waals surface area contributed by atoms with Crippen molar-refractivity contribution in [3.05, 3.63) is 36.2 Å². The Labute approximate surface area is 190 Å². The molecular weight excluding hydrogens is 433 g/mol. The number of hydrogen-bond acceptors (Lipinski definition) is 6. The Bertz CT molecular complexity index is 1130. The fourth-order valence-corrected chi connectivity index (χ4v) is 3.56. The fourth-order valence-electron chi connectivity index (χ4n) is 3.56. The van der Waals surface area contributed by atoms with Gasteiger partial charge in [-0.2, -0.15) is 18.4 Å². The van der Waals surface area contributed by atoms with Crippen molar-refractivity contribution in [3.63, 3.8) is 0 Å². The topological polar surface area (TPSA) is 87.8 Å². The number of hydrogen-bond donors (Lipinski definition) is 2. The van der Waals surface area contributed by atoms with E-state index in [0.29, 0.717) is 22.8 Å². The van der Waals surface area contributed by atoms with Crippen LogP contribution < -0.4 is 15.6 Å². The van der Waals surface area contributed by atoms with Crippen LogP contribution in [0, 0.1) is 11.3 Å². The zero-order valence-corrected chi connectivity index (χ0v) is 19.0. The van der Waals surface area contributed by atoms with Crippen molar-refractivity contribution in [1.29, 1.82) is 5.26 Å².